The number of rotatable bonds is 8. The highest BCUT2D eigenvalue weighted by Gasteiger charge is 2.12. The number of fused-ring (bicyclic) bond motifs is 1. The molecule has 2 aromatic heterocycles. The Balaban J connectivity index is 1.33. The summed E-state index contributed by atoms with van der Waals surface area (Å²) in [6.45, 7) is 4.33. The molecular formula is C23H28N4OS. The van der Waals surface area contributed by atoms with Crippen molar-refractivity contribution in [3.05, 3.63) is 60.4 Å². The second-order valence-corrected chi connectivity index (χ2v) is 8.48. The van der Waals surface area contributed by atoms with Crippen LogP contribution in [0.4, 0.5) is 0 Å². The molecule has 1 fully saturated rings. The zero-order chi connectivity index (χ0) is 19.9. The maximum absolute atomic E-state index is 12.4. The number of nitrogens with one attached hydrogen (secondary N) is 1. The molecule has 0 unspecified atom stereocenters. The summed E-state index contributed by atoms with van der Waals surface area (Å²) in [5.41, 5.74) is 2.34. The van der Waals surface area contributed by atoms with Crippen LogP contribution in [-0.2, 0) is 17.1 Å². The molecule has 1 aliphatic rings. The van der Waals surface area contributed by atoms with Gasteiger partial charge in [0.05, 0.1) is 5.52 Å². The average molecular weight is 409 g/mol. The van der Waals surface area contributed by atoms with Crippen LogP contribution < -0.4 is 5.32 Å². The summed E-state index contributed by atoms with van der Waals surface area (Å²) in [6.07, 6.45) is 7.72. The SMILES string of the molecule is O=C(Cn1ccc2c(SCc3ccccc3)nccc21)NCCN1CCCCC1. The van der Waals surface area contributed by atoms with Crippen molar-refractivity contribution < 1.29 is 4.79 Å². The first-order valence-corrected chi connectivity index (χ1v) is 11.4. The van der Waals surface area contributed by atoms with Crippen LogP contribution in [0.3, 0.4) is 0 Å². The first kappa shape index (κ1) is 20.0. The van der Waals surface area contributed by atoms with Crippen molar-refractivity contribution in [3.8, 4) is 0 Å². The first-order valence-electron chi connectivity index (χ1n) is 10.4. The number of hydrogen-bond donors (Lipinski definition) is 1. The highest BCUT2D eigenvalue weighted by molar-refractivity contribution is 7.98. The molecule has 0 bridgehead atoms. The van der Waals surface area contributed by atoms with Gasteiger partial charge in [0.25, 0.3) is 0 Å². The number of pyridine rings is 1. The van der Waals surface area contributed by atoms with E-state index in [9.17, 15) is 4.79 Å². The predicted octanol–water partition coefficient (Wildman–Crippen LogP) is 3.93. The Hall–Kier alpha value is -2.31. The normalized spacial score (nSPS) is 14.9. The Kier molecular flexibility index (Phi) is 6.85. The van der Waals surface area contributed by atoms with Crippen molar-refractivity contribution >= 4 is 28.6 Å². The monoisotopic (exact) mass is 408 g/mol. The Morgan fingerprint density at radius 1 is 1.07 bits per heavy atom. The number of thioether (sulfide) groups is 1. The summed E-state index contributed by atoms with van der Waals surface area (Å²) in [4.78, 5) is 19.4. The van der Waals surface area contributed by atoms with E-state index in [1.165, 1.54) is 24.8 Å². The summed E-state index contributed by atoms with van der Waals surface area (Å²) in [7, 11) is 0. The molecule has 0 spiro atoms. The molecule has 3 heterocycles. The fourth-order valence-corrected chi connectivity index (χ4v) is 4.78. The minimum atomic E-state index is 0.0646. The van der Waals surface area contributed by atoms with Gasteiger partial charge in [0.1, 0.15) is 11.6 Å². The number of carbonyl (C=O) groups is 1. The van der Waals surface area contributed by atoms with Gasteiger partial charge in [0, 0.05) is 36.6 Å². The van der Waals surface area contributed by atoms with E-state index in [2.05, 4.69) is 45.5 Å². The molecule has 0 saturated carbocycles. The Bertz CT molecular complexity index is 934. The second-order valence-electron chi connectivity index (χ2n) is 7.52. The summed E-state index contributed by atoms with van der Waals surface area (Å²) in [6, 6.07) is 14.5. The van der Waals surface area contributed by atoms with Crippen molar-refractivity contribution in [1.82, 2.24) is 19.8 Å². The molecule has 6 heteroatoms. The molecule has 4 rings (SSSR count). The van der Waals surface area contributed by atoms with Crippen LogP contribution in [0.15, 0.2) is 59.9 Å². The van der Waals surface area contributed by atoms with Crippen LogP contribution in [0.5, 0.6) is 0 Å². The quantitative estimate of drug-likeness (QED) is 0.574. The summed E-state index contributed by atoms with van der Waals surface area (Å²) in [5, 5.41) is 5.19. The number of amides is 1. The molecule has 1 N–H and O–H groups in total. The van der Waals surface area contributed by atoms with Gasteiger partial charge in [0.15, 0.2) is 0 Å². The standard InChI is InChI=1S/C23H28N4OS/c28-22(24-12-16-26-13-5-2-6-14-26)17-27-15-10-20-21(27)9-11-25-23(20)29-18-19-7-3-1-4-8-19/h1,3-4,7-11,15H,2,5-6,12-14,16-18H2,(H,24,28). The molecule has 1 aliphatic heterocycles. The minimum Gasteiger partial charge on any atom is -0.353 e. The van der Waals surface area contributed by atoms with Crippen LogP contribution in [0, 0.1) is 0 Å². The largest absolute Gasteiger partial charge is 0.353 e. The fraction of sp³-hybridized carbons (Fsp3) is 0.391. The lowest BCUT2D eigenvalue weighted by atomic mass is 10.1. The zero-order valence-electron chi connectivity index (χ0n) is 16.7. The van der Waals surface area contributed by atoms with E-state index in [-0.39, 0.29) is 5.91 Å². The van der Waals surface area contributed by atoms with Crippen molar-refractivity contribution in [2.24, 2.45) is 0 Å². The predicted molar refractivity (Wildman–Crippen MR) is 119 cm³/mol. The Labute approximate surface area is 176 Å². The Morgan fingerprint density at radius 3 is 2.72 bits per heavy atom. The third-order valence-electron chi connectivity index (χ3n) is 5.39. The molecular weight excluding hydrogens is 380 g/mol. The van der Waals surface area contributed by atoms with E-state index in [4.69, 9.17) is 0 Å². The highest BCUT2D eigenvalue weighted by atomic mass is 32.2. The van der Waals surface area contributed by atoms with Gasteiger partial charge in [-0.3, -0.25) is 4.79 Å². The van der Waals surface area contributed by atoms with Gasteiger partial charge < -0.3 is 14.8 Å². The first-order chi connectivity index (χ1) is 14.3. The lowest BCUT2D eigenvalue weighted by Gasteiger charge is -2.26. The molecule has 29 heavy (non-hydrogen) atoms. The number of aromatic nitrogens is 2. The highest BCUT2D eigenvalue weighted by Crippen LogP contribution is 2.29. The number of nitrogens with zero attached hydrogens (tertiary/aromatic N) is 3. The van der Waals surface area contributed by atoms with E-state index >= 15 is 0 Å². The third-order valence-corrected chi connectivity index (χ3v) is 6.47. The van der Waals surface area contributed by atoms with E-state index < -0.39 is 0 Å². The summed E-state index contributed by atoms with van der Waals surface area (Å²) >= 11 is 1.73. The van der Waals surface area contributed by atoms with Crippen molar-refractivity contribution in [2.45, 2.75) is 36.6 Å². The lowest BCUT2D eigenvalue weighted by molar-refractivity contribution is -0.121. The van der Waals surface area contributed by atoms with Crippen LogP contribution in [0.25, 0.3) is 10.9 Å². The third kappa shape index (κ3) is 5.40. The molecule has 1 aromatic carbocycles. The second kappa shape index (κ2) is 9.94. The number of carbonyl (C=O) groups excluding carboxylic acids is 1. The van der Waals surface area contributed by atoms with Crippen LogP contribution >= 0.6 is 11.8 Å². The van der Waals surface area contributed by atoms with Gasteiger partial charge >= 0.3 is 0 Å². The van der Waals surface area contributed by atoms with Crippen molar-refractivity contribution in [1.29, 1.82) is 0 Å². The molecule has 5 nitrogen and oxygen atoms in total. The molecule has 1 amide bonds. The van der Waals surface area contributed by atoms with E-state index in [1.807, 2.05) is 29.1 Å². The van der Waals surface area contributed by atoms with Gasteiger partial charge in [0.2, 0.25) is 5.91 Å². The molecule has 1 saturated heterocycles. The molecule has 0 aliphatic carbocycles. The fourth-order valence-electron chi connectivity index (χ4n) is 3.82. The molecule has 0 atom stereocenters. The number of benzene rings is 1. The van der Waals surface area contributed by atoms with E-state index in [1.54, 1.807) is 11.8 Å². The van der Waals surface area contributed by atoms with Crippen molar-refractivity contribution in [3.63, 3.8) is 0 Å². The summed E-state index contributed by atoms with van der Waals surface area (Å²) in [5.74, 6) is 0.949. The van der Waals surface area contributed by atoms with Gasteiger partial charge in [-0.15, -0.1) is 11.8 Å². The smallest absolute Gasteiger partial charge is 0.239 e. The number of piperidine rings is 1. The van der Waals surface area contributed by atoms with Crippen LogP contribution in [0.2, 0.25) is 0 Å². The molecule has 152 valence electrons. The maximum atomic E-state index is 12.4. The molecule has 3 aromatic rings. The van der Waals surface area contributed by atoms with E-state index in [0.717, 1.165) is 47.9 Å². The molecule has 0 radical (unpaired) electrons. The van der Waals surface area contributed by atoms with Gasteiger partial charge in [-0.05, 0) is 43.6 Å². The lowest BCUT2D eigenvalue weighted by Crippen LogP contribution is -2.38. The Morgan fingerprint density at radius 2 is 1.90 bits per heavy atom. The van der Waals surface area contributed by atoms with Crippen LogP contribution in [0.1, 0.15) is 24.8 Å². The van der Waals surface area contributed by atoms with Crippen LogP contribution in [-0.4, -0.2) is 46.5 Å². The zero-order valence-corrected chi connectivity index (χ0v) is 17.5. The number of likely N-dealkylation sites (tertiary alicyclic amines) is 1. The van der Waals surface area contributed by atoms with Gasteiger partial charge in [-0.1, -0.05) is 36.8 Å². The van der Waals surface area contributed by atoms with Crippen molar-refractivity contribution in [2.75, 3.05) is 26.2 Å². The van der Waals surface area contributed by atoms with Gasteiger partial charge in [-0.25, -0.2) is 4.98 Å². The average Bonchev–Trinajstić information content (AvgIpc) is 3.17. The maximum Gasteiger partial charge on any atom is 0.239 e. The van der Waals surface area contributed by atoms with E-state index in [0.29, 0.717) is 6.54 Å². The van der Waals surface area contributed by atoms with Gasteiger partial charge in [-0.2, -0.15) is 0 Å². The topological polar surface area (TPSA) is 50.2 Å². The minimum absolute atomic E-state index is 0.0646. The number of hydrogen-bond acceptors (Lipinski definition) is 4. The summed E-state index contributed by atoms with van der Waals surface area (Å²) < 4.78 is 2.01.